The standard InChI is InChI=1S/C19H25ClN2S/c1-3-7-22-10-12(11-23-2)8-14-13-5-4-6-16-18(13)15(9-17(14)22)19(20)21-16/h4-6,12,14,17,21H,3,7-11H2,1-2H3/t12?,14-,17-/m1/s1. The lowest BCUT2D eigenvalue weighted by atomic mass is 9.72. The van der Waals surface area contributed by atoms with Crippen molar-refractivity contribution < 1.29 is 0 Å². The highest BCUT2D eigenvalue weighted by molar-refractivity contribution is 7.98. The Bertz CT molecular complexity index is 711. The van der Waals surface area contributed by atoms with E-state index in [0.717, 1.165) is 17.5 Å². The highest BCUT2D eigenvalue weighted by atomic mass is 35.5. The fourth-order valence-corrected chi connectivity index (χ4v) is 5.83. The Morgan fingerprint density at radius 2 is 2.26 bits per heavy atom. The van der Waals surface area contributed by atoms with Crippen LogP contribution in [0.2, 0.25) is 5.15 Å². The molecule has 2 nitrogen and oxygen atoms in total. The molecule has 2 heterocycles. The molecule has 0 saturated carbocycles. The summed E-state index contributed by atoms with van der Waals surface area (Å²) in [5.41, 5.74) is 4.10. The van der Waals surface area contributed by atoms with Gasteiger partial charge in [0, 0.05) is 29.4 Å². The van der Waals surface area contributed by atoms with E-state index in [9.17, 15) is 0 Å². The monoisotopic (exact) mass is 348 g/mol. The molecule has 1 aliphatic heterocycles. The van der Waals surface area contributed by atoms with Crippen molar-refractivity contribution >= 4 is 34.3 Å². The number of hydrogen-bond donors (Lipinski definition) is 1. The molecule has 1 aromatic carbocycles. The summed E-state index contributed by atoms with van der Waals surface area (Å²) in [7, 11) is 0. The molecule has 124 valence electrons. The van der Waals surface area contributed by atoms with E-state index in [4.69, 9.17) is 11.6 Å². The lowest BCUT2D eigenvalue weighted by Crippen LogP contribution is -2.50. The van der Waals surface area contributed by atoms with Crippen molar-refractivity contribution in [1.29, 1.82) is 0 Å². The van der Waals surface area contributed by atoms with Crippen LogP contribution in [0.5, 0.6) is 0 Å². The number of halogens is 1. The van der Waals surface area contributed by atoms with E-state index >= 15 is 0 Å². The van der Waals surface area contributed by atoms with Gasteiger partial charge in [-0.2, -0.15) is 11.8 Å². The van der Waals surface area contributed by atoms with Crippen LogP contribution in [-0.4, -0.2) is 41.0 Å². The number of nitrogens with one attached hydrogen (secondary N) is 1. The third-order valence-electron chi connectivity index (χ3n) is 5.65. The lowest BCUT2D eigenvalue weighted by molar-refractivity contribution is 0.0927. The molecule has 1 N–H and O–H groups in total. The zero-order valence-electron chi connectivity index (χ0n) is 13.9. The molecule has 4 heteroatoms. The molecule has 4 rings (SSSR count). The zero-order valence-corrected chi connectivity index (χ0v) is 15.5. The minimum absolute atomic E-state index is 0.624. The molecule has 0 radical (unpaired) electrons. The van der Waals surface area contributed by atoms with Crippen LogP contribution in [0.3, 0.4) is 0 Å². The van der Waals surface area contributed by atoms with Gasteiger partial charge in [-0.3, -0.25) is 4.90 Å². The van der Waals surface area contributed by atoms with Crippen molar-refractivity contribution in [2.75, 3.05) is 25.1 Å². The van der Waals surface area contributed by atoms with E-state index in [1.165, 1.54) is 53.7 Å². The van der Waals surface area contributed by atoms with Crippen molar-refractivity contribution in [3.05, 3.63) is 34.5 Å². The van der Waals surface area contributed by atoms with Gasteiger partial charge in [0.25, 0.3) is 0 Å². The molecule has 0 bridgehead atoms. The number of likely N-dealkylation sites (tertiary alicyclic amines) is 1. The Kier molecular flexibility index (Phi) is 4.38. The van der Waals surface area contributed by atoms with Gasteiger partial charge in [0.05, 0.1) is 0 Å². The number of aromatic nitrogens is 1. The van der Waals surface area contributed by atoms with Crippen molar-refractivity contribution in [1.82, 2.24) is 9.88 Å². The summed E-state index contributed by atoms with van der Waals surface area (Å²) in [4.78, 5) is 6.14. The normalized spacial score (nSPS) is 27.3. The molecule has 0 amide bonds. The van der Waals surface area contributed by atoms with Gasteiger partial charge in [-0.05, 0) is 60.9 Å². The van der Waals surface area contributed by atoms with E-state index in [-0.39, 0.29) is 0 Å². The predicted molar refractivity (Wildman–Crippen MR) is 102 cm³/mol. The summed E-state index contributed by atoms with van der Waals surface area (Å²) in [5, 5.41) is 2.27. The van der Waals surface area contributed by atoms with Gasteiger partial charge in [-0.1, -0.05) is 30.7 Å². The number of piperidine rings is 1. The molecule has 3 atom stereocenters. The van der Waals surface area contributed by atoms with Gasteiger partial charge in [-0.15, -0.1) is 0 Å². The first kappa shape index (κ1) is 15.9. The van der Waals surface area contributed by atoms with Gasteiger partial charge in [0.1, 0.15) is 5.15 Å². The molecular weight excluding hydrogens is 324 g/mol. The second kappa shape index (κ2) is 6.34. The minimum Gasteiger partial charge on any atom is -0.345 e. The molecule has 2 aliphatic rings. The third-order valence-corrected chi connectivity index (χ3v) is 6.77. The van der Waals surface area contributed by atoms with Crippen LogP contribution in [-0.2, 0) is 6.42 Å². The van der Waals surface area contributed by atoms with Crippen LogP contribution in [0.25, 0.3) is 10.9 Å². The number of rotatable bonds is 4. The third kappa shape index (κ3) is 2.61. The number of thioether (sulfide) groups is 1. The molecule has 0 spiro atoms. The SMILES string of the molecule is CCCN1CC(CSC)C[C@@H]2c3cccc4[nH]c(Cl)c(c34)C[C@H]21. The topological polar surface area (TPSA) is 19.0 Å². The summed E-state index contributed by atoms with van der Waals surface area (Å²) < 4.78 is 0. The van der Waals surface area contributed by atoms with E-state index < -0.39 is 0 Å². The average molecular weight is 349 g/mol. The van der Waals surface area contributed by atoms with Crippen LogP contribution < -0.4 is 0 Å². The summed E-state index contributed by atoms with van der Waals surface area (Å²) in [6.45, 7) is 4.76. The van der Waals surface area contributed by atoms with Crippen molar-refractivity contribution in [2.24, 2.45) is 5.92 Å². The van der Waals surface area contributed by atoms with Gasteiger partial charge in [0.2, 0.25) is 0 Å². The molecule has 1 saturated heterocycles. The Hall–Kier alpha value is -0.640. The quantitative estimate of drug-likeness (QED) is 0.845. The summed E-state index contributed by atoms with van der Waals surface area (Å²) in [6.07, 6.45) is 5.90. The van der Waals surface area contributed by atoms with Gasteiger partial charge < -0.3 is 4.98 Å². The molecule has 1 aromatic heterocycles. The van der Waals surface area contributed by atoms with Gasteiger partial charge >= 0.3 is 0 Å². The number of fused-ring (bicyclic) bond motifs is 2. The summed E-state index contributed by atoms with van der Waals surface area (Å²) in [5.74, 6) is 2.75. The maximum Gasteiger partial charge on any atom is 0.110 e. The van der Waals surface area contributed by atoms with Crippen molar-refractivity contribution in [3.8, 4) is 0 Å². The molecule has 23 heavy (non-hydrogen) atoms. The minimum atomic E-state index is 0.624. The van der Waals surface area contributed by atoms with Crippen LogP contribution in [0.1, 0.15) is 36.8 Å². The fourth-order valence-electron chi connectivity index (χ4n) is 4.84. The van der Waals surface area contributed by atoms with E-state index in [2.05, 4.69) is 41.3 Å². The van der Waals surface area contributed by atoms with Crippen LogP contribution in [0.4, 0.5) is 0 Å². The molecule has 2 aromatic rings. The van der Waals surface area contributed by atoms with Crippen molar-refractivity contribution in [2.45, 2.75) is 38.1 Å². The number of H-pyrrole nitrogens is 1. The highest BCUT2D eigenvalue weighted by Crippen LogP contribution is 2.46. The number of nitrogens with zero attached hydrogens (tertiary/aromatic N) is 1. The molecule has 1 unspecified atom stereocenters. The Morgan fingerprint density at radius 1 is 1.39 bits per heavy atom. The number of benzene rings is 1. The lowest BCUT2D eigenvalue weighted by Gasteiger charge is -2.47. The Balaban J connectivity index is 1.79. The van der Waals surface area contributed by atoms with Crippen LogP contribution in [0.15, 0.2) is 18.2 Å². The fraction of sp³-hybridized carbons (Fsp3) is 0.579. The van der Waals surface area contributed by atoms with E-state index in [0.29, 0.717) is 12.0 Å². The smallest absolute Gasteiger partial charge is 0.110 e. The first-order chi connectivity index (χ1) is 11.2. The maximum atomic E-state index is 6.53. The summed E-state index contributed by atoms with van der Waals surface area (Å²) in [6, 6.07) is 7.33. The van der Waals surface area contributed by atoms with E-state index in [1.807, 2.05) is 11.8 Å². The Morgan fingerprint density at radius 3 is 3.04 bits per heavy atom. The van der Waals surface area contributed by atoms with Crippen molar-refractivity contribution in [3.63, 3.8) is 0 Å². The van der Waals surface area contributed by atoms with E-state index in [1.54, 1.807) is 0 Å². The zero-order chi connectivity index (χ0) is 16.0. The largest absolute Gasteiger partial charge is 0.345 e. The molecule has 1 aliphatic carbocycles. The highest BCUT2D eigenvalue weighted by Gasteiger charge is 2.40. The Labute approximate surface area is 148 Å². The second-order valence-electron chi connectivity index (χ2n) is 7.12. The second-order valence-corrected chi connectivity index (χ2v) is 8.41. The number of hydrogen-bond acceptors (Lipinski definition) is 2. The predicted octanol–water partition coefficient (Wildman–Crippen LogP) is 4.92. The number of aromatic amines is 1. The van der Waals surface area contributed by atoms with Crippen LogP contribution >= 0.6 is 23.4 Å². The first-order valence-electron chi connectivity index (χ1n) is 8.74. The molecular formula is C19H25ClN2S. The summed E-state index contributed by atoms with van der Waals surface area (Å²) >= 11 is 8.53. The van der Waals surface area contributed by atoms with Gasteiger partial charge in [-0.25, -0.2) is 0 Å². The first-order valence-corrected chi connectivity index (χ1v) is 10.5. The van der Waals surface area contributed by atoms with Gasteiger partial charge in [0.15, 0.2) is 0 Å². The molecule has 1 fully saturated rings. The maximum absolute atomic E-state index is 6.53. The van der Waals surface area contributed by atoms with Crippen LogP contribution in [0, 0.1) is 5.92 Å². The average Bonchev–Trinajstić information content (AvgIpc) is 2.86.